The van der Waals surface area contributed by atoms with Crippen LogP contribution in [-0.4, -0.2) is 32.5 Å². The summed E-state index contributed by atoms with van der Waals surface area (Å²) in [4.78, 5) is 23.3. The molecule has 6 nitrogen and oxygen atoms in total. The molecule has 1 aliphatic heterocycles. The molecule has 1 saturated heterocycles. The summed E-state index contributed by atoms with van der Waals surface area (Å²) in [6, 6.07) is 6.17. The molecule has 6 heteroatoms. The van der Waals surface area contributed by atoms with Crippen LogP contribution in [0.25, 0.3) is 11.0 Å². The second-order valence-corrected chi connectivity index (χ2v) is 7.44. The van der Waals surface area contributed by atoms with E-state index in [0.29, 0.717) is 5.69 Å². The summed E-state index contributed by atoms with van der Waals surface area (Å²) in [5.74, 6) is 1.75. The van der Waals surface area contributed by atoms with Gasteiger partial charge in [-0.25, -0.2) is 4.98 Å². The van der Waals surface area contributed by atoms with Gasteiger partial charge in [-0.3, -0.25) is 4.79 Å². The summed E-state index contributed by atoms with van der Waals surface area (Å²) in [7, 11) is 0. The molecule has 1 aliphatic carbocycles. The molecule has 134 valence electrons. The van der Waals surface area contributed by atoms with Gasteiger partial charge in [0, 0.05) is 18.5 Å². The molecule has 1 atom stereocenters. The Labute approximate surface area is 151 Å². The van der Waals surface area contributed by atoms with Gasteiger partial charge < -0.3 is 14.4 Å². The number of imidazole rings is 1. The lowest BCUT2D eigenvalue weighted by molar-refractivity contribution is 0.0719. The summed E-state index contributed by atoms with van der Waals surface area (Å²) < 4.78 is 5.45. The number of fused-ring (bicyclic) bond motifs is 2. The molecule has 2 aliphatic rings. The molecule has 1 aromatic carbocycles. The number of aryl methyl sites for hydroxylation is 2. The Morgan fingerprint density at radius 1 is 1.27 bits per heavy atom. The van der Waals surface area contributed by atoms with Crippen molar-refractivity contribution >= 4 is 16.9 Å². The number of rotatable bonds is 2. The second kappa shape index (κ2) is 5.97. The maximum Gasteiger partial charge on any atom is 0.276 e. The van der Waals surface area contributed by atoms with Crippen molar-refractivity contribution in [1.82, 2.24) is 20.0 Å². The van der Waals surface area contributed by atoms with Crippen molar-refractivity contribution in [2.45, 2.75) is 51.5 Å². The number of benzene rings is 1. The van der Waals surface area contributed by atoms with Crippen LogP contribution in [-0.2, 0) is 12.8 Å². The van der Waals surface area contributed by atoms with Crippen LogP contribution in [0, 0.1) is 6.92 Å². The molecule has 26 heavy (non-hydrogen) atoms. The van der Waals surface area contributed by atoms with Gasteiger partial charge in [0.1, 0.15) is 11.6 Å². The van der Waals surface area contributed by atoms with Crippen LogP contribution >= 0.6 is 0 Å². The number of nitrogens with zero attached hydrogens (tertiary/aromatic N) is 3. The normalized spacial score (nSPS) is 19.9. The Hall–Kier alpha value is -2.63. The van der Waals surface area contributed by atoms with Gasteiger partial charge in [-0.2, -0.15) is 0 Å². The first-order valence-electron chi connectivity index (χ1n) is 9.45. The summed E-state index contributed by atoms with van der Waals surface area (Å²) in [6.45, 7) is 2.81. The van der Waals surface area contributed by atoms with Crippen LogP contribution < -0.4 is 0 Å². The lowest BCUT2D eigenvalue weighted by Crippen LogP contribution is -2.32. The topological polar surface area (TPSA) is 75.0 Å². The molecule has 0 unspecified atom stereocenters. The van der Waals surface area contributed by atoms with Gasteiger partial charge >= 0.3 is 0 Å². The maximum absolute atomic E-state index is 13.2. The molecule has 0 radical (unpaired) electrons. The number of H-pyrrole nitrogens is 1. The number of aromatic amines is 1. The summed E-state index contributed by atoms with van der Waals surface area (Å²) >= 11 is 0. The third-order valence-electron chi connectivity index (χ3n) is 5.64. The molecule has 3 heterocycles. The predicted molar refractivity (Wildman–Crippen MR) is 97.0 cm³/mol. The molecule has 1 N–H and O–H groups in total. The quantitative estimate of drug-likeness (QED) is 0.764. The van der Waals surface area contributed by atoms with E-state index in [-0.39, 0.29) is 11.9 Å². The molecule has 1 fully saturated rings. The van der Waals surface area contributed by atoms with E-state index in [0.717, 1.165) is 73.3 Å². The number of amides is 1. The van der Waals surface area contributed by atoms with Crippen molar-refractivity contribution in [3.8, 4) is 0 Å². The minimum atomic E-state index is -0.0221. The fourth-order valence-electron chi connectivity index (χ4n) is 4.28. The Bertz CT molecular complexity index is 987. The fourth-order valence-corrected chi connectivity index (χ4v) is 4.28. The van der Waals surface area contributed by atoms with Crippen LogP contribution in [0.2, 0.25) is 0 Å². The highest BCUT2D eigenvalue weighted by molar-refractivity contribution is 5.94. The van der Waals surface area contributed by atoms with Crippen LogP contribution in [0.4, 0.5) is 0 Å². The third-order valence-corrected chi connectivity index (χ3v) is 5.64. The molecule has 0 bridgehead atoms. The van der Waals surface area contributed by atoms with Gasteiger partial charge in [-0.05, 0) is 56.7 Å². The molecule has 0 saturated carbocycles. The number of hydrogen-bond donors (Lipinski definition) is 1. The van der Waals surface area contributed by atoms with Gasteiger partial charge in [0.05, 0.1) is 17.1 Å². The number of likely N-dealkylation sites (tertiary alicyclic amines) is 1. The first-order valence-corrected chi connectivity index (χ1v) is 9.45. The largest absolute Gasteiger partial charge is 0.360 e. The van der Waals surface area contributed by atoms with Crippen molar-refractivity contribution in [1.29, 1.82) is 0 Å². The summed E-state index contributed by atoms with van der Waals surface area (Å²) in [5.41, 5.74) is 4.70. The summed E-state index contributed by atoms with van der Waals surface area (Å²) in [6.07, 6.45) is 5.89. The summed E-state index contributed by atoms with van der Waals surface area (Å²) in [5, 5.41) is 4.13. The lowest BCUT2D eigenvalue weighted by Gasteiger charge is -2.22. The number of carbonyl (C=O) groups excluding carboxylic acids is 1. The van der Waals surface area contributed by atoms with E-state index in [2.05, 4.69) is 29.2 Å². The van der Waals surface area contributed by atoms with Crippen molar-refractivity contribution in [3.63, 3.8) is 0 Å². The number of carbonyl (C=O) groups is 1. The van der Waals surface area contributed by atoms with E-state index in [4.69, 9.17) is 9.51 Å². The standard InChI is InChI=1S/C20H22N4O2/c1-12-8-9-14-15(11-12)22-19(21-14)16-6-4-10-24(16)20(25)18-13-5-2-3-7-17(13)26-23-18/h8-9,11,16H,2-7,10H2,1H3,(H,21,22)/t16-/m0/s1. The minimum absolute atomic E-state index is 0.0176. The number of aromatic nitrogens is 3. The van der Waals surface area contributed by atoms with E-state index in [1.165, 1.54) is 5.56 Å². The van der Waals surface area contributed by atoms with Crippen LogP contribution in [0.3, 0.4) is 0 Å². The van der Waals surface area contributed by atoms with Crippen molar-refractivity contribution in [2.24, 2.45) is 0 Å². The average molecular weight is 350 g/mol. The van der Waals surface area contributed by atoms with E-state index in [9.17, 15) is 4.79 Å². The molecule has 0 spiro atoms. The predicted octanol–water partition coefficient (Wildman–Crippen LogP) is 3.72. The fraction of sp³-hybridized carbons (Fsp3) is 0.450. The van der Waals surface area contributed by atoms with Crippen LogP contribution in [0.15, 0.2) is 22.7 Å². The highest BCUT2D eigenvalue weighted by Gasteiger charge is 2.36. The average Bonchev–Trinajstić information content (AvgIpc) is 3.37. The van der Waals surface area contributed by atoms with Gasteiger partial charge in [0.25, 0.3) is 5.91 Å². The second-order valence-electron chi connectivity index (χ2n) is 7.44. The highest BCUT2D eigenvalue weighted by Crippen LogP contribution is 2.34. The molecular weight excluding hydrogens is 328 g/mol. The van der Waals surface area contributed by atoms with Gasteiger partial charge in [-0.1, -0.05) is 11.2 Å². The molecular formula is C20H22N4O2. The minimum Gasteiger partial charge on any atom is -0.360 e. The monoisotopic (exact) mass is 350 g/mol. The number of hydrogen-bond acceptors (Lipinski definition) is 4. The van der Waals surface area contributed by atoms with E-state index in [1.54, 1.807) is 0 Å². The number of nitrogens with one attached hydrogen (secondary N) is 1. The van der Waals surface area contributed by atoms with Gasteiger partial charge in [0.2, 0.25) is 0 Å². The molecule has 1 amide bonds. The van der Waals surface area contributed by atoms with Crippen molar-refractivity contribution in [2.75, 3.05) is 6.54 Å². The van der Waals surface area contributed by atoms with E-state index >= 15 is 0 Å². The first-order chi connectivity index (χ1) is 12.7. The highest BCUT2D eigenvalue weighted by atomic mass is 16.5. The van der Waals surface area contributed by atoms with Crippen molar-refractivity contribution < 1.29 is 9.32 Å². The van der Waals surface area contributed by atoms with Crippen molar-refractivity contribution in [3.05, 3.63) is 46.6 Å². The Morgan fingerprint density at radius 2 is 2.15 bits per heavy atom. The maximum atomic E-state index is 13.2. The van der Waals surface area contributed by atoms with Crippen LogP contribution in [0.1, 0.15) is 64.9 Å². The zero-order chi connectivity index (χ0) is 17.7. The SMILES string of the molecule is Cc1ccc2nc([C@@H]3CCCN3C(=O)c3noc4c3CCCC4)[nH]c2c1. The molecule has 2 aromatic heterocycles. The van der Waals surface area contributed by atoms with E-state index < -0.39 is 0 Å². The Kier molecular flexibility index (Phi) is 3.58. The van der Waals surface area contributed by atoms with Crippen LogP contribution in [0.5, 0.6) is 0 Å². The molecule has 5 rings (SSSR count). The van der Waals surface area contributed by atoms with Gasteiger partial charge in [-0.15, -0.1) is 0 Å². The zero-order valence-electron chi connectivity index (χ0n) is 14.9. The zero-order valence-corrected chi connectivity index (χ0v) is 14.9. The third kappa shape index (κ3) is 2.43. The Balaban J connectivity index is 1.48. The lowest BCUT2D eigenvalue weighted by atomic mass is 9.96. The van der Waals surface area contributed by atoms with Gasteiger partial charge in [0.15, 0.2) is 5.69 Å². The van der Waals surface area contributed by atoms with E-state index in [1.807, 2.05) is 11.0 Å². The first kappa shape index (κ1) is 15.6. The Morgan fingerprint density at radius 3 is 3.08 bits per heavy atom. The molecule has 3 aromatic rings. The smallest absolute Gasteiger partial charge is 0.276 e.